The smallest absolute Gasteiger partial charge is 0.139 e. The van der Waals surface area contributed by atoms with E-state index in [1.54, 1.807) is 0 Å². The van der Waals surface area contributed by atoms with Gasteiger partial charge in [0.25, 0.3) is 0 Å². The molecule has 2 heterocycles. The molecule has 1 fully saturated rings. The van der Waals surface area contributed by atoms with Gasteiger partial charge in [0.2, 0.25) is 0 Å². The average molecular weight is 239 g/mol. The summed E-state index contributed by atoms with van der Waals surface area (Å²) in [7, 11) is 0. The molecule has 1 aromatic carbocycles. The van der Waals surface area contributed by atoms with Crippen LogP contribution in [0.1, 0.15) is 31.4 Å². The van der Waals surface area contributed by atoms with Crippen LogP contribution in [0.3, 0.4) is 0 Å². The number of hydrogen-bond donors (Lipinski definition) is 0. The Morgan fingerprint density at radius 2 is 2.06 bits per heavy atom. The number of benzene rings is 1. The first kappa shape index (κ1) is 10.4. The van der Waals surface area contributed by atoms with E-state index < -0.39 is 0 Å². The van der Waals surface area contributed by atoms with Gasteiger partial charge in [0.05, 0.1) is 0 Å². The molecule has 1 atom stereocenters. The molecule has 1 spiro atoms. The second kappa shape index (κ2) is 3.47. The molecular weight excluding hydrogens is 222 g/mol. The second-order valence-electron chi connectivity index (χ2n) is 5.83. The van der Waals surface area contributed by atoms with Crippen LogP contribution >= 0.6 is 0 Å². The number of ketones is 1. The molecular formula is C16H17NO. The molecule has 1 saturated carbocycles. The molecule has 0 N–H and O–H groups in total. The van der Waals surface area contributed by atoms with Gasteiger partial charge in [-0.2, -0.15) is 0 Å². The Kier molecular flexibility index (Phi) is 2.00. The predicted molar refractivity (Wildman–Crippen MR) is 71.6 cm³/mol. The van der Waals surface area contributed by atoms with Crippen molar-refractivity contribution >= 4 is 16.7 Å². The Balaban J connectivity index is 1.84. The standard InChI is InChI=1S/C16H17NO/c18-15-6-3-7-16(15)8-9-17-13(11-16)10-12-4-1-2-5-14(12)17/h1-2,4-5,10H,3,6-9,11H2. The fraction of sp³-hybridized carbons (Fsp3) is 0.438. The number of rotatable bonds is 0. The van der Waals surface area contributed by atoms with E-state index in [-0.39, 0.29) is 5.41 Å². The highest BCUT2D eigenvalue weighted by molar-refractivity contribution is 5.88. The van der Waals surface area contributed by atoms with Crippen molar-refractivity contribution in [3.63, 3.8) is 0 Å². The van der Waals surface area contributed by atoms with Crippen LogP contribution in [0, 0.1) is 5.41 Å². The topological polar surface area (TPSA) is 22.0 Å². The fourth-order valence-corrected chi connectivity index (χ4v) is 3.88. The summed E-state index contributed by atoms with van der Waals surface area (Å²) >= 11 is 0. The van der Waals surface area contributed by atoms with E-state index in [2.05, 4.69) is 34.9 Å². The van der Waals surface area contributed by atoms with E-state index in [4.69, 9.17) is 0 Å². The summed E-state index contributed by atoms with van der Waals surface area (Å²) in [6.45, 7) is 1.01. The Morgan fingerprint density at radius 3 is 2.89 bits per heavy atom. The highest BCUT2D eigenvalue weighted by atomic mass is 16.1. The molecule has 0 saturated heterocycles. The van der Waals surface area contributed by atoms with Gasteiger partial charge < -0.3 is 4.57 Å². The number of para-hydroxylation sites is 1. The summed E-state index contributed by atoms with van der Waals surface area (Å²) in [6, 6.07) is 10.8. The van der Waals surface area contributed by atoms with Crippen molar-refractivity contribution in [1.29, 1.82) is 0 Å². The minimum Gasteiger partial charge on any atom is -0.345 e. The first-order chi connectivity index (χ1) is 8.78. The maximum Gasteiger partial charge on any atom is 0.139 e. The molecule has 0 radical (unpaired) electrons. The normalized spacial score (nSPS) is 27.0. The lowest BCUT2D eigenvalue weighted by Gasteiger charge is -2.33. The van der Waals surface area contributed by atoms with E-state index in [9.17, 15) is 4.79 Å². The van der Waals surface area contributed by atoms with Crippen molar-refractivity contribution in [1.82, 2.24) is 4.57 Å². The summed E-state index contributed by atoms with van der Waals surface area (Å²) in [4.78, 5) is 12.2. The van der Waals surface area contributed by atoms with Crippen molar-refractivity contribution in [3.8, 4) is 0 Å². The van der Waals surface area contributed by atoms with E-state index in [0.29, 0.717) is 5.78 Å². The molecule has 2 aliphatic rings. The van der Waals surface area contributed by atoms with Crippen LogP contribution in [0.15, 0.2) is 30.3 Å². The molecule has 0 bridgehead atoms. The third kappa shape index (κ3) is 1.26. The molecule has 1 unspecified atom stereocenters. The van der Waals surface area contributed by atoms with Gasteiger partial charge in [0.1, 0.15) is 5.78 Å². The fourth-order valence-electron chi connectivity index (χ4n) is 3.88. The van der Waals surface area contributed by atoms with Crippen molar-refractivity contribution < 1.29 is 4.79 Å². The second-order valence-corrected chi connectivity index (χ2v) is 5.83. The molecule has 18 heavy (non-hydrogen) atoms. The summed E-state index contributed by atoms with van der Waals surface area (Å²) in [6.07, 6.45) is 5.00. The SMILES string of the molecule is O=C1CCCC12CCn1c(cc3ccccc31)C2. The highest BCUT2D eigenvalue weighted by Crippen LogP contribution is 2.45. The van der Waals surface area contributed by atoms with Gasteiger partial charge in [0.15, 0.2) is 0 Å². The number of carbonyl (C=O) groups excluding carboxylic acids is 1. The first-order valence-corrected chi connectivity index (χ1v) is 6.89. The van der Waals surface area contributed by atoms with Gasteiger partial charge in [-0.25, -0.2) is 0 Å². The minimum absolute atomic E-state index is 0.00955. The van der Waals surface area contributed by atoms with Gasteiger partial charge in [-0.05, 0) is 36.8 Å². The maximum absolute atomic E-state index is 12.2. The van der Waals surface area contributed by atoms with Gasteiger partial charge in [-0.3, -0.25) is 4.79 Å². The maximum atomic E-state index is 12.2. The zero-order valence-electron chi connectivity index (χ0n) is 10.5. The van der Waals surface area contributed by atoms with Crippen molar-refractivity contribution in [3.05, 3.63) is 36.0 Å². The summed E-state index contributed by atoms with van der Waals surface area (Å²) in [5.74, 6) is 0.513. The molecule has 2 nitrogen and oxygen atoms in total. The Bertz CT molecular complexity index is 640. The zero-order chi connectivity index (χ0) is 12.2. The van der Waals surface area contributed by atoms with Gasteiger partial charge in [-0.1, -0.05) is 18.2 Å². The Labute approximate surface area is 107 Å². The Hall–Kier alpha value is -1.57. The van der Waals surface area contributed by atoms with Crippen LogP contribution in [0.25, 0.3) is 10.9 Å². The van der Waals surface area contributed by atoms with Crippen molar-refractivity contribution in [2.45, 2.75) is 38.6 Å². The highest BCUT2D eigenvalue weighted by Gasteiger charge is 2.44. The number of carbonyl (C=O) groups is 1. The van der Waals surface area contributed by atoms with Crippen LogP contribution in [-0.4, -0.2) is 10.4 Å². The van der Waals surface area contributed by atoms with Gasteiger partial charge >= 0.3 is 0 Å². The summed E-state index contributed by atoms with van der Waals surface area (Å²) < 4.78 is 2.41. The third-order valence-electron chi connectivity index (χ3n) is 4.88. The quantitative estimate of drug-likeness (QED) is 0.691. The van der Waals surface area contributed by atoms with Crippen LogP contribution in [0.5, 0.6) is 0 Å². The van der Waals surface area contributed by atoms with Crippen LogP contribution in [-0.2, 0) is 17.8 Å². The van der Waals surface area contributed by atoms with Crippen LogP contribution in [0.2, 0.25) is 0 Å². The van der Waals surface area contributed by atoms with Crippen LogP contribution in [0.4, 0.5) is 0 Å². The van der Waals surface area contributed by atoms with E-state index in [1.165, 1.54) is 16.6 Å². The monoisotopic (exact) mass is 239 g/mol. The number of nitrogens with zero attached hydrogens (tertiary/aromatic N) is 1. The number of aromatic nitrogens is 1. The van der Waals surface area contributed by atoms with Crippen LogP contribution < -0.4 is 0 Å². The molecule has 0 amide bonds. The molecule has 1 aliphatic carbocycles. The summed E-state index contributed by atoms with van der Waals surface area (Å²) in [5.41, 5.74) is 2.68. The van der Waals surface area contributed by atoms with Gasteiger partial charge in [0, 0.05) is 36.0 Å². The zero-order valence-corrected chi connectivity index (χ0v) is 10.5. The number of hydrogen-bond acceptors (Lipinski definition) is 1. The predicted octanol–water partition coefficient (Wildman–Crippen LogP) is 3.33. The molecule has 2 aromatic rings. The lowest BCUT2D eigenvalue weighted by atomic mass is 9.76. The number of aryl methyl sites for hydroxylation is 1. The largest absolute Gasteiger partial charge is 0.345 e. The van der Waals surface area contributed by atoms with Gasteiger partial charge in [-0.15, -0.1) is 0 Å². The first-order valence-electron chi connectivity index (χ1n) is 6.89. The van der Waals surface area contributed by atoms with E-state index >= 15 is 0 Å². The molecule has 2 heteroatoms. The lowest BCUT2D eigenvalue weighted by Crippen LogP contribution is -2.34. The third-order valence-corrected chi connectivity index (χ3v) is 4.88. The average Bonchev–Trinajstić information content (AvgIpc) is 2.91. The van der Waals surface area contributed by atoms with E-state index in [1.807, 2.05) is 0 Å². The Morgan fingerprint density at radius 1 is 1.17 bits per heavy atom. The molecule has 92 valence electrons. The lowest BCUT2D eigenvalue weighted by molar-refractivity contribution is -0.126. The molecule has 1 aromatic heterocycles. The number of Topliss-reactive ketones (excluding diaryl/α,β-unsaturated/α-hetero) is 1. The summed E-state index contributed by atoms with van der Waals surface area (Å²) in [5, 5.41) is 1.31. The van der Waals surface area contributed by atoms with Crippen molar-refractivity contribution in [2.75, 3.05) is 0 Å². The molecule has 4 rings (SSSR count). The number of fused-ring (bicyclic) bond motifs is 3. The minimum atomic E-state index is -0.00955. The van der Waals surface area contributed by atoms with E-state index in [0.717, 1.165) is 38.6 Å². The molecule has 1 aliphatic heterocycles. The van der Waals surface area contributed by atoms with Crippen molar-refractivity contribution in [2.24, 2.45) is 5.41 Å².